The summed E-state index contributed by atoms with van der Waals surface area (Å²) in [7, 11) is 0. The zero-order valence-electron chi connectivity index (χ0n) is 8.53. The summed E-state index contributed by atoms with van der Waals surface area (Å²) < 4.78 is 39.4. The number of nitro benzene ring substituents is 1. The van der Waals surface area contributed by atoms with E-state index in [2.05, 4.69) is 4.74 Å². The van der Waals surface area contributed by atoms with Crippen molar-refractivity contribution in [1.82, 2.24) is 0 Å². The average Bonchev–Trinajstić information content (AvgIpc) is 2.25. The van der Waals surface area contributed by atoms with Crippen molar-refractivity contribution in [3.8, 4) is 0 Å². The molecule has 1 rings (SSSR count). The van der Waals surface area contributed by atoms with E-state index < -0.39 is 29.4 Å². The third-order valence-corrected chi connectivity index (χ3v) is 2.13. The van der Waals surface area contributed by atoms with Gasteiger partial charge in [-0.1, -0.05) is 17.7 Å². The fourth-order valence-corrected chi connectivity index (χ4v) is 1.21. The Morgan fingerprint density at radius 1 is 1.44 bits per heavy atom. The number of rotatable bonds is 3. The molecule has 0 radical (unpaired) electrons. The van der Waals surface area contributed by atoms with Gasteiger partial charge in [-0.15, -0.1) is 0 Å². The molecule has 0 aromatic heterocycles. The van der Waals surface area contributed by atoms with E-state index in [1.54, 1.807) is 0 Å². The van der Waals surface area contributed by atoms with Crippen molar-refractivity contribution in [2.45, 2.75) is 12.8 Å². The first kappa shape index (κ1) is 14.2. The topological polar surface area (TPSA) is 69.4 Å². The van der Waals surface area contributed by atoms with E-state index in [0.29, 0.717) is 0 Å². The van der Waals surface area contributed by atoms with Crippen molar-refractivity contribution in [1.29, 1.82) is 0 Å². The number of esters is 1. The average molecular weight is 284 g/mol. The second-order valence-corrected chi connectivity index (χ2v) is 3.52. The molecule has 0 N–H and O–H groups in total. The zero-order chi connectivity index (χ0) is 13.9. The van der Waals surface area contributed by atoms with E-state index >= 15 is 0 Å². The van der Waals surface area contributed by atoms with Gasteiger partial charge in [0.05, 0.1) is 4.92 Å². The normalized spacial score (nSPS) is 11.1. The lowest BCUT2D eigenvalue weighted by atomic mass is 10.2. The molecule has 0 spiro atoms. The molecule has 0 unspecified atom stereocenters. The largest absolute Gasteiger partial charge is 0.490 e. The molecule has 0 bridgehead atoms. The molecular formula is C9H5ClF3NO4. The van der Waals surface area contributed by atoms with Gasteiger partial charge in [-0.2, -0.15) is 13.2 Å². The number of ether oxygens (including phenoxy) is 1. The lowest BCUT2D eigenvalue weighted by molar-refractivity contribution is -0.384. The molecule has 0 amide bonds. The number of halogens is 4. The van der Waals surface area contributed by atoms with Gasteiger partial charge >= 0.3 is 12.1 Å². The number of carbonyl (C=O) groups excluding carboxylic acids is 1. The molecule has 0 atom stereocenters. The number of nitrogens with zero attached hydrogens (tertiary/aromatic N) is 1. The van der Waals surface area contributed by atoms with Crippen LogP contribution in [0.25, 0.3) is 0 Å². The van der Waals surface area contributed by atoms with Crippen molar-refractivity contribution < 1.29 is 27.6 Å². The molecule has 0 fully saturated rings. The van der Waals surface area contributed by atoms with E-state index in [9.17, 15) is 28.1 Å². The Bertz CT molecular complexity index is 489. The van der Waals surface area contributed by atoms with Crippen molar-refractivity contribution in [2.24, 2.45) is 0 Å². The van der Waals surface area contributed by atoms with Crippen molar-refractivity contribution in [3.05, 3.63) is 38.9 Å². The molecule has 0 aliphatic rings. The van der Waals surface area contributed by atoms with Crippen LogP contribution >= 0.6 is 11.6 Å². The second kappa shape index (κ2) is 5.21. The van der Waals surface area contributed by atoms with Crippen LogP contribution in [0, 0.1) is 10.1 Å². The predicted octanol–water partition coefficient (Wildman–Crippen LogP) is 2.85. The molecule has 0 saturated carbocycles. The maximum absolute atomic E-state index is 11.8. The van der Waals surface area contributed by atoms with E-state index in [4.69, 9.17) is 11.6 Å². The monoisotopic (exact) mass is 283 g/mol. The Balaban J connectivity index is 2.78. The first-order valence-corrected chi connectivity index (χ1v) is 4.76. The van der Waals surface area contributed by atoms with Crippen LogP contribution in [0.3, 0.4) is 0 Å². The minimum absolute atomic E-state index is 0.0312. The standard InChI is InChI=1S/C9H5ClF3NO4/c10-6-2-1-5(3-7(6)14(16)17)4-18-8(15)9(11,12)13/h1-3H,4H2. The molecule has 0 saturated heterocycles. The summed E-state index contributed by atoms with van der Waals surface area (Å²) in [6.07, 6.45) is -5.10. The number of hydrogen-bond acceptors (Lipinski definition) is 4. The van der Waals surface area contributed by atoms with Crippen LogP contribution in [-0.2, 0) is 16.1 Å². The summed E-state index contributed by atoms with van der Waals surface area (Å²) in [5, 5.41) is 10.3. The highest BCUT2D eigenvalue weighted by molar-refractivity contribution is 6.32. The van der Waals surface area contributed by atoms with Gasteiger partial charge < -0.3 is 4.74 Å². The van der Waals surface area contributed by atoms with Gasteiger partial charge in [0, 0.05) is 6.07 Å². The van der Waals surface area contributed by atoms with Crippen LogP contribution < -0.4 is 0 Å². The molecule has 5 nitrogen and oxygen atoms in total. The minimum atomic E-state index is -5.10. The molecule has 0 heterocycles. The smallest absolute Gasteiger partial charge is 0.454 e. The SMILES string of the molecule is O=C(OCc1ccc(Cl)c([N+](=O)[O-])c1)C(F)(F)F. The van der Waals surface area contributed by atoms with E-state index in [0.717, 1.165) is 12.1 Å². The van der Waals surface area contributed by atoms with Crippen LogP contribution in [0.1, 0.15) is 5.56 Å². The summed E-state index contributed by atoms with van der Waals surface area (Å²) in [6, 6.07) is 3.29. The lowest BCUT2D eigenvalue weighted by Crippen LogP contribution is -2.25. The maximum Gasteiger partial charge on any atom is 0.490 e. The van der Waals surface area contributed by atoms with Gasteiger partial charge in [-0.05, 0) is 11.6 Å². The van der Waals surface area contributed by atoms with Crippen LogP contribution in [0.5, 0.6) is 0 Å². The van der Waals surface area contributed by atoms with Crippen molar-refractivity contribution >= 4 is 23.3 Å². The van der Waals surface area contributed by atoms with E-state index in [1.807, 2.05) is 0 Å². The Morgan fingerprint density at radius 2 is 2.06 bits per heavy atom. The zero-order valence-corrected chi connectivity index (χ0v) is 9.29. The summed E-state index contributed by atoms with van der Waals surface area (Å²) in [6.45, 7) is -0.726. The van der Waals surface area contributed by atoms with Crippen molar-refractivity contribution in [2.75, 3.05) is 0 Å². The third kappa shape index (κ3) is 3.59. The third-order valence-electron chi connectivity index (χ3n) is 1.81. The van der Waals surface area contributed by atoms with E-state index in [1.165, 1.54) is 6.07 Å². The highest BCUT2D eigenvalue weighted by atomic mass is 35.5. The first-order chi connectivity index (χ1) is 8.21. The molecule has 0 aliphatic heterocycles. The molecule has 9 heteroatoms. The molecule has 0 aliphatic carbocycles. The number of carbonyl (C=O) groups is 1. The van der Waals surface area contributed by atoms with Crippen LogP contribution in [0.2, 0.25) is 5.02 Å². The lowest BCUT2D eigenvalue weighted by Gasteiger charge is -2.07. The quantitative estimate of drug-likeness (QED) is 0.486. The number of hydrogen-bond donors (Lipinski definition) is 0. The molecule has 98 valence electrons. The predicted molar refractivity (Wildman–Crippen MR) is 54.0 cm³/mol. The van der Waals surface area contributed by atoms with Crippen LogP contribution in [-0.4, -0.2) is 17.1 Å². The first-order valence-electron chi connectivity index (χ1n) is 4.38. The van der Waals surface area contributed by atoms with Gasteiger partial charge in [0.1, 0.15) is 11.6 Å². The maximum atomic E-state index is 11.8. The molecule has 1 aromatic rings. The van der Waals surface area contributed by atoms with Gasteiger partial charge in [-0.3, -0.25) is 10.1 Å². The summed E-state index contributed by atoms with van der Waals surface area (Å²) in [5.41, 5.74) is -0.444. The fourth-order valence-electron chi connectivity index (χ4n) is 1.02. The number of benzene rings is 1. The molecule has 18 heavy (non-hydrogen) atoms. The molecule has 1 aromatic carbocycles. The Morgan fingerprint density at radius 3 is 2.56 bits per heavy atom. The highest BCUT2D eigenvalue weighted by Gasteiger charge is 2.40. The summed E-state index contributed by atoms with van der Waals surface area (Å²) in [5.74, 6) is -2.36. The number of alkyl halides is 3. The van der Waals surface area contributed by atoms with Crippen LogP contribution in [0.15, 0.2) is 18.2 Å². The van der Waals surface area contributed by atoms with Gasteiger partial charge in [0.2, 0.25) is 0 Å². The minimum Gasteiger partial charge on any atom is -0.454 e. The second-order valence-electron chi connectivity index (χ2n) is 3.12. The number of nitro groups is 1. The van der Waals surface area contributed by atoms with Crippen LogP contribution in [0.4, 0.5) is 18.9 Å². The molecular weight excluding hydrogens is 279 g/mol. The van der Waals surface area contributed by atoms with E-state index in [-0.39, 0.29) is 10.6 Å². The Kier molecular flexibility index (Phi) is 4.12. The van der Waals surface area contributed by atoms with Gasteiger partial charge in [0.25, 0.3) is 5.69 Å². The Hall–Kier alpha value is -1.83. The Labute approximate surface area is 103 Å². The summed E-state index contributed by atoms with van der Waals surface area (Å²) >= 11 is 5.50. The fraction of sp³-hybridized carbons (Fsp3) is 0.222. The summed E-state index contributed by atoms with van der Waals surface area (Å²) in [4.78, 5) is 20.1. The van der Waals surface area contributed by atoms with Gasteiger partial charge in [0.15, 0.2) is 0 Å². The highest BCUT2D eigenvalue weighted by Crippen LogP contribution is 2.26. The van der Waals surface area contributed by atoms with Gasteiger partial charge in [-0.25, -0.2) is 4.79 Å². The van der Waals surface area contributed by atoms with Crippen molar-refractivity contribution in [3.63, 3.8) is 0 Å².